The third-order valence-electron chi connectivity index (χ3n) is 4.55. The molecule has 3 rings (SSSR count). The number of sulfonamides is 1. The molecule has 33 heavy (non-hydrogen) atoms. The first-order valence-electron chi connectivity index (χ1n) is 9.72. The van der Waals surface area contributed by atoms with E-state index in [4.69, 9.17) is 14.6 Å². The van der Waals surface area contributed by atoms with Crippen LogP contribution in [0.5, 0.6) is 11.5 Å². The summed E-state index contributed by atoms with van der Waals surface area (Å²) in [4.78, 5) is 23.4. The third-order valence-corrected chi connectivity index (χ3v) is 5.91. The molecule has 3 aromatic rings. The lowest BCUT2D eigenvalue weighted by Gasteiger charge is -2.14. The molecule has 0 aliphatic carbocycles. The lowest BCUT2D eigenvalue weighted by atomic mass is 10.1. The van der Waals surface area contributed by atoms with Crippen LogP contribution >= 0.6 is 0 Å². The smallest absolute Gasteiger partial charge is 0.341 e. The quantitative estimate of drug-likeness (QED) is 0.436. The second-order valence-corrected chi connectivity index (χ2v) is 8.63. The predicted octanol–water partition coefficient (Wildman–Crippen LogP) is 3.52. The Kier molecular flexibility index (Phi) is 7.19. The topological polar surface area (TPSA) is 131 Å². The molecule has 0 atom stereocenters. The number of amides is 1. The first kappa shape index (κ1) is 23.6. The van der Waals surface area contributed by atoms with Gasteiger partial charge >= 0.3 is 5.97 Å². The number of hydrogen-bond acceptors (Lipinski definition) is 6. The predicted molar refractivity (Wildman–Crippen MR) is 123 cm³/mol. The lowest BCUT2D eigenvalue weighted by Crippen LogP contribution is -2.19. The molecule has 1 amide bonds. The fourth-order valence-electron chi connectivity index (χ4n) is 2.96. The van der Waals surface area contributed by atoms with Gasteiger partial charge in [0.1, 0.15) is 11.5 Å². The molecule has 10 heteroatoms. The summed E-state index contributed by atoms with van der Waals surface area (Å²) in [6, 6.07) is 17.0. The largest absolute Gasteiger partial charge is 0.497 e. The highest BCUT2D eigenvalue weighted by molar-refractivity contribution is 7.92. The Hall–Kier alpha value is -4.05. The number of carboxylic acid groups (broad SMARTS) is 1. The summed E-state index contributed by atoms with van der Waals surface area (Å²) in [7, 11) is -2.53. The first-order chi connectivity index (χ1) is 15.7. The number of aliphatic carboxylic acids is 1. The fourth-order valence-corrected chi connectivity index (χ4v) is 4.13. The number of carbonyl (C=O) groups excluding carboxylic acids is 1. The van der Waals surface area contributed by atoms with Gasteiger partial charge in [-0.25, -0.2) is 13.2 Å². The van der Waals surface area contributed by atoms with Crippen LogP contribution in [0, 0.1) is 6.92 Å². The fraction of sp³-hybridized carbons (Fsp3) is 0.130. The summed E-state index contributed by atoms with van der Waals surface area (Å²) >= 11 is 0. The van der Waals surface area contributed by atoms with Gasteiger partial charge in [-0.15, -0.1) is 0 Å². The summed E-state index contributed by atoms with van der Waals surface area (Å²) in [5.41, 5.74) is 1.16. The van der Waals surface area contributed by atoms with Crippen LogP contribution in [0.4, 0.5) is 11.4 Å². The third kappa shape index (κ3) is 6.01. The number of benzene rings is 3. The van der Waals surface area contributed by atoms with Crippen molar-refractivity contribution >= 4 is 33.3 Å². The van der Waals surface area contributed by atoms with E-state index in [9.17, 15) is 18.0 Å². The maximum atomic E-state index is 13.0. The normalized spacial score (nSPS) is 10.8. The minimum Gasteiger partial charge on any atom is -0.497 e. The van der Waals surface area contributed by atoms with E-state index in [0.717, 1.165) is 0 Å². The Morgan fingerprint density at radius 2 is 1.76 bits per heavy atom. The van der Waals surface area contributed by atoms with Gasteiger partial charge < -0.3 is 19.9 Å². The van der Waals surface area contributed by atoms with Gasteiger partial charge in [0.05, 0.1) is 23.3 Å². The van der Waals surface area contributed by atoms with Crippen molar-refractivity contribution in [2.75, 3.05) is 23.8 Å². The van der Waals surface area contributed by atoms with E-state index in [1.54, 1.807) is 43.3 Å². The number of rotatable bonds is 9. The van der Waals surface area contributed by atoms with Crippen molar-refractivity contribution in [3.63, 3.8) is 0 Å². The number of ether oxygens (including phenoxy) is 2. The highest BCUT2D eigenvalue weighted by Gasteiger charge is 2.20. The van der Waals surface area contributed by atoms with Crippen LogP contribution < -0.4 is 19.5 Å². The number of nitrogens with one attached hydrogen (secondary N) is 2. The van der Waals surface area contributed by atoms with Crippen molar-refractivity contribution in [2.45, 2.75) is 11.8 Å². The molecular formula is C23H22N2O7S. The summed E-state index contributed by atoms with van der Waals surface area (Å²) in [5.74, 6) is -0.825. The highest BCUT2D eigenvalue weighted by atomic mass is 32.2. The molecule has 0 heterocycles. The van der Waals surface area contributed by atoms with Crippen LogP contribution in [-0.2, 0) is 14.8 Å². The molecule has 0 aromatic heterocycles. The second-order valence-electron chi connectivity index (χ2n) is 6.95. The lowest BCUT2D eigenvalue weighted by molar-refractivity contribution is -0.139. The van der Waals surface area contributed by atoms with Gasteiger partial charge in [-0.05, 0) is 55.0 Å². The molecule has 172 valence electrons. The number of carboxylic acids is 1. The van der Waals surface area contributed by atoms with Gasteiger partial charge in [0.2, 0.25) is 0 Å². The van der Waals surface area contributed by atoms with Crippen LogP contribution in [0.25, 0.3) is 0 Å². The number of carbonyl (C=O) groups is 2. The average molecular weight is 471 g/mol. The SMILES string of the molecule is COc1cccc(NC(=O)c2ccccc2NS(=O)(=O)c2ccc(OCC(=O)O)c(C)c2)c1. The van der Waals surface area contributed by atoms with E-state index in [1.165, 1.54) is 37.4 Å². The van der Waals surface area contributed by atoms with E-state index < -0.39 is 28.5 Å². The zero-order valence-electron chi connectivity index (χ0n) is 17.9. The summed E-state index contributed by atoms with van der Waals surface area (Å²) in [6.07, 6.45) is 0. The average Bonchev–Trinajstić information content (AvgIpc) is 2.78. The van der Waals surface area contributed by atoms with Crippen LogP contribution in [0.15, 0.2) is 71.6 Å². The molecule has 0 fully saturated rings. The first-order valence-corrected chi connectivity index (χ1v) is 11.2. The molecule has 3 aromatic carbocycles. The minimum absolute atomic E-state index is 0.0642. The van der Waals surface area contributed by atoms with Crippen molar-refractivity contribution in [3.8, 4) is 11.5 Å². The molecule has 0 unspecified atom stereocenters. The van der Waals surface area contributed by atoms with Gasteiger partial charge in [0.25, 0.3) is 15.9 Å². The molecule has 0 spiro atoms. The van der Waals surface area contributed by atoms with Gasteiger partial charge in [-0.3, -0.25) is 9.52 Å². The number of methoxy groups -OCH3 is 1. The van der Waals surface area contributed by atoms with E-state index >= 15 is 0 Å². The molecule has 3 N–H and O–H groups in total. The Labute approximate surface area is 191 Å². The summed E-state index contributed by atoms with van der Waals surface area (Å²) in [6.45, 7) is 1.06. The molecule has 0 bridgehead atoms. The molecule has 0 radical (unpaired) electrons. The number of hydrogen-bond donors (Lipinski definition) is 3. The van der Waals surface area contributed by atoms with E-state index in [-0.39, 0.29) is 21.9 Å². The number of aryl methyl sites for hydroxylation is 1. The highest BCUT2D eigenvalue weighted by Crippen LogP contribution is 2.26. The standard InChI is InChI=1S/C23H22N2O7S/c1-15-12-18(10-11-21(15)32-14-22(26)27)33(29,30)25-20-9-4-3-8-19(20)23(28)24-16-6-5-7-17(13-16)31-2/h3-13,25H,14H2,1-2H3,(H,24,28)(H,26,27). The van der Waals surface area contributed by atoms with Crippen molar-refractivity contribution in [1.29, 1.82) is 0 Å². The zero-order valence-corrected chi connectivity index (χ0v) is 18.7. The Morgan fingerprint density at radius 1 is 1.00 bits per heavy atom. The van der Waals surface area contributed by atoms with Crippen molar-refractivity contribution in [1.82, 2.24) is 0 Å². The minimum atomic E-state index is -4.05. The monoisotopic (exact) mass is 470 g/mol. The molecule has 0 saturated heterocycles. The van der Waals surface area contributed by atoms with E-state index in [0.29, 0.717) is 17.0 Å². The van der Waals surface area contributed by atoms with Crippen LogP contribution in [-0.4, -0.2) is 39.1 Å². The van der Waals surface area contributed by atoms with Crippen molar-refractivity contribution < 1.29 is 32.6 Å². The number of para-hydroxylation sites is 1. The molecule has 0 aliphatic rings. The number of anilines is 2. The van der Waals surface area contributed by atoms with Crippen LogP contribution in [0.2, 0.25) is 0 Å². The Morgan fingerprint density at radius 3 is 2.45 bits per heavy atom. The summed E-state index contributed by atoms with van der Waals surface area (Å²) < 4.78 is 38.6. The molecular weight excluding hydrogens is 448 g/mol. The van der Waals surface area contributed by atoms with Gasteiger partial charge in [-0.1, -0.05) is 18.2 Å². The Bertz CT molecular complexity index is 1290. The zero-order chi connectivity index (χ0) is 24.0. The maximum absolute atomic E-state index is 13.0. The Balaban J connectivity index is 1.82. The maximum Gasteiger partial charge on any atom is 0.341 e. The van der Waals surface area contributed by atoms with Crippen molar-refractivity contribution in [3.05, 3.63) is 77.9 Å². The van der Waals surface area contributed by atoms with E-state index in [2.05, 4.69) is 10.0 Å². The second kappa shape index (κ2) is 10.0. The van der Waals surface area contributed by atoms with Crippen LogP contribution in [0.1, 0.15) is 15.9 Å². The van der Waals surface area contributed by atoms with Crippen LogP contribution in [0.3, 0.4) is 0 Å². The molecule has 0 saturated carbocycles. The molecule has 9 nitrogen and oxygen atoms in total. The van der Waals surface area contributed by atoms with Gasteiger partial charge in [-0.2, -0.15) is 0 Å². The van der Waals surface area contributed by atoms with Crippen molar-refractivity contribution in [2.24, 2.45) is 0 Å². The van der Waals surface area contributed by atoms with E-state index in [1.807, 2.05) is 0 Å². The molecule has 0 aliphatic heterocycles. The summed E-state index contributed by atoms with van der Waals surface area (Å²) in [5, 5.41) is 11.5. The van der Waals surface area contributed by atoms with Gasteiger partial charge in [0, 0.05) is 11.8 Å². The van der Waals surface area contributed by atoms with Gasteiger partial charge in [0.15, 0.2) is 6.61 Å².